The number of carbonyl (C=O) groups excluding carboxylic acids is 1. The summed E-state index contributed by atoms with van der Waals surface area (Å²) < 4.78 is 10.8. The molecule has 6 heteroatoms. The van der Waals surface area contributed by atoms with E-state index in [-0.39, 0.29) is 17.9 Å². The maximum Gasteiger partial charge on any atom is 0.344 e. The summed E-state index contributed by atoms with van der Waals surface area (Å²) in [5.41, 5.74) is 1.58. The highest BCUT2D eigenvalue weighted by atomic mass is 32.2. The minimum absolute atomic E-state index is 0.0795. The molecule has 0 amide bonds. The lowest BCUT2D eigenvalue weighted by atomic mass is 10.1. The number of rotatable bonds is 6. The highest BCUT2D eigenvalue weighted by Crippen LogP contribution is 2.41. The van der Waals surface area contributed by atoms with Crippen molar-refractivity contribution in [1.29, 1.82) is 0 Å². The Hall–Kier alpha value is -2.99. The highest BCUT2D eigenvalue weighted by Gasteiger charge is 2.33. The zero-order valence-corrected chi connectivity index (χ0v) is 16.5. The molecule has 28 heavy (non-hydrogen) atoms. The number of carbonyl (C=O) groups is 1. The van der Waals surface area contributed by atoms with E-state index in [1.54, 1.807) is 13.0 Å². The fourth-order valence-electron chi connectivity index (χ4n) is 2.64. The van der Waals surface area contributed by atoms with Crippen LogP contribution in [0.4, 0.5) is 5.69 Å². The predicted molar refractivity (Wildman–Crippen MR) is 113 cm³/mol. The van der Waals surface area contributed by atoms with Gasteiger partial charge in [-0.15, -0.1) is 0 Å². The first kappa shape index (κ1) is 19.8. The van der Waals surface area contributed by atoms with Crippen LogP contribution in [0.1, 0.15) is 19.4 Å². The van der Waals surface area contributed by atoms with Gasteiger partial charge in [0.15, 0.2) is 0 Å². The third-order valence-corrected chi connectivity index (χ3v) is 4.88. The zero-order valence-electron chi connectivity index (χ0n) is 15.7. The quantitative estimate of drug-likeness (QED) is 0.674. The summed E-state index contributed by atoms with van der Waals surface area (Å²) in [7, 11) is 0. The Morgan fingerprint density at radius 3 is 2.50 bits per heavy atom. The molecule has 144 valence electrons. The Balaban J connectivity index is 2.05. The van der Waals surface area contributed by atoms with Crippen LogP contribution < -0.4 is 4.74 Å². The topological polar surface area (TPSA) is 68.1 Å². The molecule has 0 saturated heterocycles. The van der Waals surface area contributed by atoms with Crippen LogP contribution in [0.5, 0.6) is 5.75 Å². The molecular formula is C22H21NO4S. The summed E-state index contributed by atoms with van der Waals surface area (Å²) in [6.07, 6.45) is 1.79. The van der Waals surface area contributed by atoms with Gasteiger partial charge in [0.2, 0.25) is 0 Å². The second-order valence-corrected chi connectivity index (χ2v) is 6.81. The fraction of sp³-hybridized carbons (Fsp3) is 0.182. The van der Waals surface area contributed by atoms with Crippen LogP contribution in [-0.4, -0.2) is 29.3 Å². The highest BCUT2D eigenvalue weighted by molar-refractivity contribution is 8.18. The van der Waals surface area contributed by atoms with Gasteiger partial charge >= 0.3 is 5.97 Å². The number of hydrogen-bond donors (Lipinski definition) is 1. The lowest BCUT2D eigenvalue weighted by molar-refractivity contribution is -0.138. The van der Waals surface area contributed by atoms with Crippen molar-refractivity contribution in [2.45, 2.75) is 13.8 Å². The van der Waals surface area contributed by atoms with Gasteiger partial charge in [0, 0.05) is 5.56 Å². The molecule has 0 bridgehead atoms. The molecule has 0 unspecified atom stereocenters. The van der Waals surface area contributed by atoms with Crippen LogP contribution in [0.15, 0.2) is 75.8 Å². The van der Waals surface area contributed by atoms with Crippen LogP contribution in [0, 0.1) is 0 Å². The monoisotopic (exact) mass is 395 g/mol. The van der Waals surface area contributed by atoms with E-state index in [2.05, 4.69) is 4.99 Å². The number of benzene rings is 2. The van der Waals surface area contributed by atoms with Crippen molar-refractivity contribution in [1.82, 2.24) is 0 Å². The number of nitrogens with zero attached hydrogens (tertiary/aromatic N) is 1. The average molecular weight is 395 g/mol. The van der Waals surface area contributed by atoms with Crippen molar-refractivity contribution in [3.8, 4) is 5.75 Å². The number of esters is 1. The van der Waals surface area contributed by atoms with Gasteiger partial charge in [0.05, 0.1) is 23.8 Å². The van der Waals surface area contributed by atoms with Crippen LogP contribution >= 0.6 is 11.8 Å². The first-order valence-electron chi connectivity index (χ1n) is 9.00. The first-order valence-corrected chi connectivity index (χ1v) is 9.81. The lowest BCUT2D eigenvalue weighted by Crippen LogP contribution is -2.12. The van der Waals surface area contributed by atoms with E-state index in [1.807, 2.05) is 61.5 Å². The molecule has 1 aliphatic heterocycles. The zero-order chi connectivity index (χ0) is 19.9. The molecule has 1 heterocycles. The SMILES string of the molecule is CCOC(=O)C1=C(O)/C(=C/c2ccccc2OCC)SC1=Nc1ccccc1. The summed E-state index contributed by atoms with van der Waals surface area (Å²) >= 11 is 1.23. The minimum atomic E-state index is -0.594. The van der Waals surface area contributed by atoms with Gasteiger partial charge < -0.3 is 14.6 Å². The minimum Gasteiger partial charge on any atom is -0.506 e. The summed E-state index contributed by atoms with van der Waals surface area (Å²) in [4.78, 5) is 17.5. The molecule has 0 atom stereocenters. The van der Waals surface area contributed by atoms with E-state index in [9.17, 15) is 9.90 Å². The van der Waals surface area contributed by atoms with Gasteiger partial charge in [-0.1, -0.05) is 48.2 Å². The second-order valence-electron chi connectivity index (χ2n) is 5.78. The number of aliphatic hydroxyl groups is 1. The smallest absolute Gasteiger partial charge is 0.344 e. The molecule has 0 spiro atoms. The predicted octanol–water partition coefficient (Wildman–Crippen LogP) is 5.28. The summed E-state index contributed by atoms with van der Waals surface area (Å²) in [5.74, 6) is -0.0230. The van der Waals surface area contributed by atoms with Crippen LogP contribution in [0.25, 0.3) is 6.08 Å². The molecule has 1 aliphatic rings. The van der Waals surface area contributed by atoms with E-state index in [1.165, 1.54) is 11.8 Å². The molecule has 0 radical (unpaired) electrons. The van der Waals surface area contributed by atoms with Crippen molar-refractivity contribution < 1.29 is 19.4 Å². The molecule has 3 rings (SSSR count). The maximum atomic E-state index is 12.4. The van der Waals surface area contributed by atoms with E-state index in [0.717, 1.165) is 5.56 Å². The Labute approximate surface area is 168 Å². The molecular weight excluding hydrogens is 374 g/mol. The van der Waals surface area contributed by atoms with Crippen molar-refractivity contribution in [3.63, 3.8) is 0 Å². The maximum absolute atomic E-state index is 12.4. The number of hydrogen-bond acceptors (Lipinski definition) is 6. The van der Waals surface area contributed by atoms with E-state index in [4.69, 9.17) is 9.47 Å². The fourth-order valence-corrected chi connectivity index (χ4v) is 3.67. The second kappa shape index (κ2) is 9.28. The molecule has 0 fully saturated rings. The van der Waals surface area contributed by atoms with Crippen LogP contribution in [0.2, 0.25) is 0 Å². The third-order valence-electron chi connectivity index (χ3n) is 3.86. The normalized spacial score (nSPS) is 16.6. The van der Waals surface area contributed by atoms with Crippen molar-refractivity contribution in [3.05, 3.63) is 76.4 Å². The number of aliphatic hydroxyl groups excluding tert-OH is 1. The molecule has 2 aromatic rings. The standard InChI is InChI=1S/C22H21NO4S/c1-3-26-17-13-9-8-10-15(17)14-18-20(24)19(22(25)27-4-2)21(28-18)23-16-11-6-5-7-12-16/h5-14,24H,3-4H2,1-2H3/b18-14-,23-21?. The molecule has 0 aromatic heterocycles. The van der Waals surface area contributed by atoms with Crippen molar-refractivity contribution in [2.75, 3.05) is 13.2 Å². The van der Waals surface area contributed by atoms with Crippen molar-refractivity contribution >= 4 is 34.5 Å². The lowest BCUT2D eigenvalue weighted by Gasteiger charge is -2.07. The van der Waals surface area contributed by atoms with Gasteiger partial charge in [-0.05, 0) is 38.1 Å². The molecule has 5 nitrogen and oxygen atoms in total. The Morgan fingerprint density at radius 1 is 1.07 bits per heavy atom. The molecule has 0 saturated carbocycles. The Kier molecular flexibility index (Phi) is 6.55. The van der Waals surface area contributed by atoms with Gasteiger partial charge in [0.1, 0.15) is 22.1 Å². The summed E-state index contributed by atoms with van der Waals surface area (Å²) in [6.45, 7) is 4.38. The largest absolute Gasteiger partial charge is 0.506 e. The number of thioether (sulfide) groups is 1. The van der Waals surface area contributed by atoms with Crippen molar-refractivity contribution in [2.24, 2.45) is 4.99 Å². The van der Waals surface area contributed by atoms with Gasteiger partial charge in [-0.3, -0.25) is 0 Å². The summed E-state index contributed by atoms with van der Waals surface area (Å²) in [6, 6.07) is 16.8. The van der Waals surface area contributed by atoms with Crippen LogP contribution in [0.3, 0.4) is 0 Å². The summed E-state index contributed by atoms with van der Waals surface area (Å²) in [5, 5.41) is 11.1. The van der Waals surface area contributed by atoms with E-state index in [0.29, 0.717) is 28.0 Å². The number of aliphatic imine (C=N–C) groups is 1. The first-order chi connectivity index (χ1) is 13.6. The third kappa shape index (κ3) is 4.46. The molecule has 0 aliphatic carbocycles. The van der Waals surface area contributed by atoms with Gasteiger partial charge in [-0.25, -0.2) is 9.79 Å². The number of ether oxygens (including phenoxy) is 2. The molecule has 1 N–H and O–H groups in total. The average Bonchev–Trinajstić information content (AvgIpc) is 2.99. The van der Waals surface area contributed by atoms with Crippen LogP contribution in [-0.2, 0) is 9.53 Å². The Morgan fingerprint density at radius 2 is 1.79 bits per heavy atom. The Bertz CT molecular complexity index is 948. The van der Waals surface area contributed by atoms with Gasteiger partial charge in [0.25, 0.3) is 0 Å². The number of para-hydroxylation sites is 2. The van der Waals surface area contributed by atoms with E-state index >= 15 is 0 Å². The van der Waals surface area contributed by atoms with E-state index < -0.39 is 5.97 Å². The van der Waals surface area contributed by atoms with Gasteiger partial charge in [-0.2, -0.15) is 0 Å². The molecule has 2 aromatic carbocycles.